The number of hydrogen-bond acceptors (Lipinski definition) is 4. The molecule has 6 heteroatoms. The maximum Gasteiger partial charge on any atom is 0.236 e. The molecule has 1 aliphatic heterocycles. The molecule has 0 aromatic rings. The summed E-state index contributed by atoms with van der Waals surface area (Å²) in [5.74, 6) is 0.220. The lowest BCUT2D eigenvalue weighted by molar-refractivity contribution is -0.122. The van der Waals surface area contributed by atoms with Crippen molar-refractivity contribution in [2.45, 2.75) is 44.4 Å². The van der Waals surface area contributed by atoms with E-state index in [0.29, 0.717) is 19.5 Å². The predicted molar refractivity (Wildman–Crippen MR) is 67.6 cm³/mol. The second-order valence-electron chi connectivity index (χ2n) is 4.55. The van der Waals surface area contributed by atoms with Gasteiger partial charge in [-0.25, -0.2) is 8.42 Å². The molecule has 2 atom stereocenters. The second kappa shape index (κ2) is 6.35. The molecule has 1 amide bonds. The molecule has 5 nitrogen and oxygen atoms in total. The van der Waals surface area contributed by atoms with Crippen LogP contribution in [0, 0.1) is 0 Å². The van der Waals surface area contributed by atoms with Gasteiger partial charge >= 0.3 is 0 Å². The molecule has 17 heavy (non-hydrogen) atoms. The number of nitrogens with one attached hydrogen (secondary N) is 2. The van der Waals surface area contributed by atoms with Gasteiger partial charge in [0.1, 0.15) is 0 Å². The number of carbonyl (C=O) groups excluding carboxylic acids is 1. The predicted octanol–water partition coefficient (Wildman–Crippen LogP) is 0.0679. The molecule has 0 saturated carbocycles. The highest BCUT2D eigenvalue weighted by molar-refractivity contribution is 7.92. The Morgan fingerprint density at radius 3 is 2.71 bits per heavy atom. The Kier molecular flexibility index (Phi) is 5.39. The highest BCUT2D eigenvalue weighted by Gasteiger charge is 2.31. The summed E-state index contributed by atoms with van der Waals surface area (Å²) in [5.41, 5.74) is 0. The van der Waals surface area contributed by atoms with Crippen molar-refractivity contribution in [3.63, 3.8) is 0 Å². The van der Waals surface area contributed by atoms with Crippen molar-refractivity contribution in [3.05, 3.63) is 0 Å². The third kappa shape index (κ3) is 4.27. The fraction of sp³-hybridized carbons (Fsp3) is 0.909. The first-order valence-electron chi connectivity index (χ1n) is 6.20. The van der Waals surface area contributed by atoms with E-state index in [1.54, 1.807) is 6.92 Å². The summed E-state index contributed by atoms with van der Waals surface area (Å²) in [5, 5.41) is 5.46. The summed E-state index contributed by atoms with van der Waals surface area (Å²) < 4.78 is 23.2. The van der Waals surface area contributed by atoms with E-state index in [0.717, 1.165) is 12.8 Å². The summed E-state index contributed by atoms with van der Waals surface area (Å²) in [4.78, 5) is 11.5. The van der Waals surface area contributed by atoms with Crippen molar-refractivity contribution in [1.29, 1.82) is 0 Å². The minimum Gasteiger partial charge on any atom is -0.355 e. The van der Waals surface area contributed by atoms with Crippen LogP contribution in [0.1, 0.15) is 33.1 Å². The van der Waals surface area contributed by atoms with Crippen LogP contribution in [0.5, 0.6) is 0 Å². The molecule has 1 heterocycles. The Balaban J connectivity index is 2.33. The minimum atomic E-state index is -2.92. The van der Waals surface area contributed by atoms with Crippen LogP contribution in [-0.2, 0) is 14.6 Å². The van der Waals surface area contributed by atoms with Gasteiger partial charge in [0, 0.05) is 13.1 Å². The van der Waals surface area contributed by atoms with Crippen molar-refractivity contribution < 1.29 is 13.2 Å². The fourth-order valence-corrected chi connectivity index (χ4v) is 3.67. The summed E-state index contributed by atoms with van der Waals surface area (Å²) >= 11 is 0. The van der Waals surface area contributed by atoms with E-state index in [-0.39, 0.29) is 23.0 Å². The standard InChI is InChI=1S/C11H22N2O3S/c1-3-6-12-11(14)9(2)13-8-10-5-4-7-17(10,15)16/h9-10,13H,3-8H2,1-2H3,(H,12,14). The molecule has 0 aromatic carbocycles. The lowest BCUT2D eigenvalue weighted by Crippen LogP contribution is -2.45. The second-order valence-corrected chi connectivity index (χ2v) is 6.95. The maximum atomic E-state index is 11.6. The SMILES string of the molecule is CCCNC(=O)C(C)NCC1CCCS1(=O)=O. The van der Waals surface area contributed by atoms with Crippen molar-refractivity contribution in [3.8, 4) is 0 Å². The van der Waals surface area contributed by atoms with E-state index >= 15 is 0 Å². The Morgan fingerprint density at radius 1 is 1.47 bits per heavy atom. The third-order valence-electron chi connectivity index (χ3n) is 3.06. The lowest BCUT2D eigenvalue weighted by Gasteiger charge is -2.16. The Labute approximate surface area is 103 Å². The zero-order valence-electron chi connectivity index (χ0n) is 10.5. The molecule has 100 valence electrons. The molecule has 1 aliphatic rings. The molecule has 2 N–H and O–H groups in total. The van der Waals surface area contributed by atoms with Gasteiger partial charge in [0.2, 0.25) is 5.91 Å². The van der Waals surface area contributed by atoms with Crippen LogP contribution < -0.4 is 10.6 Å². The van der Waals surface area contributed by atoms with Gasteiger partial charge in [-0.05, 0) is 26.2 Å². The van der Waals surface area contributed by atoms with Crippen LogP contribution in [0.25, 0.3) is 0 Å². The molecular weight excluding hydrogens is 240 g/mol. The van der Waals surface area contributed by atoms with Gasteiger partial charge in [0.25, 0.3) is 0 Å². The molecule has 0 spiro atoms. The van der Waals surface area contributed by atoms with E-state index in [1.807, 2.05) is 6.92 Å². The van der Waals surface area contributed by atoms with Crippen molar-refractivity contribution in [2.75, 3.05) is 18.8 Å². The molecule has 1 saturated heterocycles. The number of amides is 1. The smallest absolute Gasteiger partial charge is 0.236 e. The van der Waals surface area contributed by atoms with Gasteiger partial charge in [-0.2, -0.15) is 0 Å². The normalized spacial score (nSPS) is 24.5. The monoisotopic (exact) mass is 262 g/mol. The Morgan fingerprint density at radius 2 is 2.18 bits per heavy atom. The van der Waals surface area contributed by atoms with E-state index in [2.05, 4.69) is 10.6 Å². The summed E-state index contributed by atoms with van der Waals surface area (Å²) in [7, 11) is -2.92. The topological polar surface area (TPSA) is 75.3 Å². The molecule has 0 bridgehead atoms. The number of rotatable bonds is 6. The summed E-state index contributed by atoms with van der Waals surface area (Å²) in [6.45, 7) is 4.78. The number of carbonyl (C=O) groups is 1. The number of hydrogen-bond donors (Lipinski definition) is 2. The van der Waals surface area contributed by atoms with Gasteiger partial charge in [0.05, 0.1) is 17.0 Å². The first kappa shape index (κ1) is 14.4. The van der Waals surface area contributed by atoms with Gasteiger partial charge in [-0.15, -0.1) is 0 Å². The zero-order valence-corrected chi connectivity index (χ0v) is 11.3. The largest absolute Gasteiger partial charge is 0.355 e. The van der Waals surface area contributed by atoms with Gasteiger partial charge in [-0.1, -0.05) is 6.92 Å². The van der Waals surface area contributed by atoms with Gasteiger partial charge in [0.15, 0.2) is 9.84 Å². The molecule has 1 fully saturated rings. The summed E-state index contributed by atoms with van der Waals surface area (Å²) in [6.07, 6.45) is 2.35. The summed E-state index contributed by atoms with van der Waals surface area (Å²) in [6, 6.07) is -0.336. The van der Waals surface area contributed by atoms with Crippen molar-refractivity contribution in [1.82, 2.24) is 10.6 Å². The maximum absolute atomic E-state index is 11.6. The van der Waals surface area contributed by atoms with Gasteiger partial charge < -0.3 is 10.6 Å². The highest BCUT2D eigenvalue weighted by atomic mass is 32.2. The van der Waals surface area contributed by atoms with E-state index in [1.165, 1.54) is 0 Å². The van der Waals surface area contributed by atoms with E-state index in [4.69, 9.17) is 0 Å². The first-order chi connectivity index (χ1) is 7.97. The quantitative estimate of drug-likeness (QED) is 0.710. The Hall–Kier alpha value is -0.620. The van der Waals surface area contributed by atoms with E-state index < -0.39 is 9.84 Å². The fourth-order valence-electron chi connectivity index (χ4n) is 1.89. The zero-order chi connectivity index (χ0) is 12.9. The van der Waals surface area contributed by atoms with Crippen LogP contribution in [0.15, 0.2) is 0 Å². The molecule has 0 radical (unpaired) electrons. The third-order valence-corrected chi connectivity index (χ3v) is 5.33. The van der Waals surface area contributed by atoms with Crippen LogP contribution in [0.3, 0.4) is 0 Å². The highest BCUT2D eigenvalue weighted by Crippen LogP contribution is 2.19. The van der Waals surface area contributed by atoms with Crippen LogP contribution >= 0.6 is 0 Å². The molecule has 0 aromatic heterocycles. The van der Waals surface area contributed by atoms with Crippen molar-refractivity contribution in [2.24, 2.45) is 0 Å². The average Bonchev–Trinajstić information content (AvgIpc) is 2.62. The van der Waals surface area contributed by atoms with Crippen LogP contribution in [-0.4, -0.2) is 44.5 Å². The first-order valence-corrected chi connectivity index (χ1v) is 7.91. The molecular formula is C11H22N2O3S. The van der Waals surface area contributed by atoms with Crippen LogP contribution in [0.2, 0.25) is 0 Å². The molecule has 2 unspecified atom stereocenters. The number of sulfone groups is 1. The minimum absolute atomic E-state index is 0.0674. The van der Waals surface area contributed by atoms with Crippen LogP contribution in [0.4, 0.5) is 0 Å². The molecule has 1 rings (SSSR count). The van der Waals surface area contributed by atoms with Crippen molar-refractivity contribution >= 4 is 15.7 Å². The van der Waals surface area contributed by atoms with Gasteiger partial charge in [-0.3, -0.25) is 4.79 Å². The molecule has 0 aliphatic carbocycles. The van der Waals surface area contributed by atoms with E-state index in [9.17, 15) is 13.2 Å². The Bertz CT molecular complexity index is 354. The average molecular weight is 262 g/mol. The lowest BCUT2D eigenvalue weighted by atomic mass is 10.2.